The molecule has 0 spiro atoms. The van der Waals surface area contributed by atoms with E-state index in [0.717, 1.165) is 13.0 Å². The fraction of sp³-hybridized carbons (Fsp3) is 0.462. The maximum atomic E-state index is 11.2. The van der Waals surface area contributed by atoms with Gasteiger partial charge >= 0.3 is 0 Å². The number of carbonyl (C=O) groups is 1. The van der Waals surface area contributed by atoms with Gasteiger partial charge in [0.15, 0.2) is 0 Å². The lowest BCUT2D eigenvalue weighted by Gasteiger charge is -2.27. The molecule has 2 rings (SSSR count). The average molecular weight is 218 g/mol. The second kappa shape index (κ2) is 5.12. The van der Waals surface area contributed by atoms with Crippen LogP contribution in [0, 0.1) is 0 Å². The monoisotopic (exact) mass is 218 g/mol. The Morgan fingerprint density at radius 3 is 3.12 bits per heavy atom. The van der Waals surface area contributed by atoms with E-state index in [-0.39, 0.29) is 11.9 Å². The van der Waals surface area contributed by atoms with Crippen LogP contribution < -0.4 is 10.6 Å². The molecule has 1 aliphatic rings. The zero-order valence-corrected chi connectivity index (χ0v) is 9.62. The summed E-state index contributed by atoms with van der Waals surface area (Å²) in [7, 11) is 0. The third kappa shape index (κ3) is 2.42. The number of amides is 1. The first kappa shape index (κ1) is 11.1. The Hall–Kier alpha value is -1.35. The zero-order chi connectivity index (χ0) is 11.4. The van der Waals surface area contributed by atoms with Crippen LogP contribution in [-0.4, -0.2) is 19.0 Å². The fourth-order valence-corrected chi connectivity index (χ4v) is 2.12. The topological polar surface area (TPSA) is 41.1 Å². The van der Waals surface area contributed by atoms with Crippen molar-refractivity contribution in [2.45, 2.75) is 25.8 Å². The molecule has 3 heteroatoms. The standard InChI is InChI=1S/C13H18N2O/c1-2-13(16)15-9-12-11-6-4-3-5-10(11)7-8-14-12/h3-6,12,14H,2,7-9H2,1H3,(H,15,16). The van der Waals surface area contributed by atoms with E-state index in [4.69, 9.17) is 0 Å². The van der Waals surface area contributed by atoms with Crippen LogP contribution in [0.4, 0.5) is 0 Å². The van der Waals surface area contributed by atoms with E-state index >= 15 is 0 Å². The van der Waals surface area contributed by atoms with Crippen LogP contribution in [0.15, 0.2) is 24.3 Å². The molecule has 86 valence electrons. The van der Waals surface area contributed by atoms with Gasteiger partial charge < -0.3 is 10.6 Å². The van der Waals surface area contributed by atoms with Gasteiger partial charge in [-0.15, -0.1) is 0 Å². The number of hydrogen-bond acceptors (Lipinski definition) is 2. The highest BCUT2D eigenvalue weighted by atomic mass is 16.1. The summed E-state index contributed by atoms with van der Waals surface area (Å²) in [5, 5.41) is 6.38. The summed E-state index contributed by atoms with van der Waals surface area (Å²) in [4.78, 5) is 11.2. The minimum Gasteiger partial charge on any atom is -0.354 e. The summed E-state index contributed by atoms with van der Waals surface area (Å²) < 4.78 is 0. The van der Waals surface area contributed by atoms with Gasteiger partial charge in [-0.05, 0) is 24.1 Å². The molecule has 0 aliphatic carbocycles. The van der Waals surface area contributed by atoms with Crippen LogP contribution in [0.5, 0.6) is 0 Å². The molecule has 1 aromatic rings. The Morgan fingerprint density at radius 1 is 1.50 bits per heavy atom. The number of benzene rings is 1. The first-order valence-electron chi connectivity index (χ1n) is 5.89. The Bertz CT molecular complexity index is 376. The molecule has 1 unspecified atom stereocenters. The maximum Gasteiger partial charge on any atom is 0.219 e. The lowest BCUT2D eigenvalue weighted by molar-refractivity contribution is -0.120. The van der Waals surface area contributed by atoms with Crippen molar-refractivity contribution in [3.05, 3.63) is 35.4 Å². The third-order valence-electron chi connectivity index (χ3n) is 3.04. The molecule has 0 saturated carbocycles. The summed E-state index contributed by atoms with van der Waals surface area (Å²) in [6.45, 7) is 3.55. The number of nitrogens with one attached hydrogen (secondary N) is 2. The van der Waals surface area contributed by atoms with Crippen LogP contribution in [-0.2, 0) is 11.2 Å². The van der Waals surface area contributed by atoms with E-state index in [1.807, 2.05) is 6.92 Å². The highest BCUT2D eigenvalue weighted by Crippen LogP contribution is 2.21. The van der Waals surface area contributed by atoms with Crippen LogP contribution in [0.25, 0.3) is 0 Å². The molecule has 0 fully saturated rings. The normalized spacial score (nSPS) is 18.9. The molecule has 1 aliphatic heterocycles. The molecular formula is C13H18N2O. The number of hydrogen-bond donors (Lipinski definition) is 2. The van der Waals surface area contributed by atoms with Gasteiger partial charge in [0.2, 0.25) is 5.91 Å². The molecule has 0 saturated heterocycles. The predicted octanol–water partition coefficient (Wildman–Crippen LogP) is 1.40. The Labute approximate surface area is 96.2 Å². The Kier molecular flexibility index (Phi) is 3.57. The maximum absolute atomic E-state index is 11.2. The van der Waals surface area contributed by atoms with Crippen molar-refractivity contribution in [1.82, 2.24) is 10.6 Å². The van der Waals surface area contributed by atoms with Crippen LogP contribution in [0.1, 0.15) is 30.5 Å². The van der Waals surface area contributed by atoms with Gasteiger partial charge in [0.25, 0.3) is 0 Å². The van der Waals surface area contributed by atoms with Crippen LogP contribution in [0.3, 0.4) is 0 Å². The molecule has 2 N–H and O–H groups in total. The van der Waals surface area contributed by atoms with Crippen molar-refractivity contribution in [2.75, 3.05) is 13.1 Å². The SMILES string of the molecule is CCC(=O)NCC1NCCc2ccccc21. The summed E-state index contributed by atoms with van der Waals surface area (Å²) in [5.74, 6) is 0.116. The van der Waals surface area contributed by atoms with Gasteiger partial charge in [0.1, 0.15) is 0 Å². The quantitative estimate of drug-likeness (QED) is 0.805. The van der Waals surface area contributed by atoms with Crippen molar-refractivity contribution in [1.29, 1.82) is 0 Å². The van der Waals surface area contributed by atoms with Crippen molar-refractivity contribution in [2.24, 2.45) is 0 Å². The van der Waals surface area contributed by atoms with Crippen molar-refractivity contribution in [3.8, 4) is 0 Å². The van der Waals surface area contributed by atoms with E-state index in [2.05, 4.69) is 34.9 Å². The summed E-state index contributed by atoms with van der Waals surface area (Å²) in [5.41, 5.74) is 2.72. The van der Waals surface area contributed by atoms with E-state index < -0.39 is 0 Å². The molecule has 0 bridgehead atoms. The van der Waals surface area contributed by atoms with Gasteiger partial charge in [-0.2, -0.15) is 0 Å². The molecule has 1 heterocycles. The predicted molar refractivity (Wildman–Crippen MR) is 64.2 cm³/mol. The highest BCUT2D eigenvalue weighted by Gasteiger charge is 2.18. The van der Waals surface area contributed by atoms with E-state index in [1.165, 1.54) is 11.1 Å². The van der Waals surface area contributed by atoms with Crippen LogP contribution in [0.2, 0.25) is 0 Å². The smallest absolute Gasteiger partial charge is 0.219 e. The number of carbonyl (C=O) groups excluding carboxylic acids is 1. The van der Waals surface area contributed by atoms with Gasteiger partial charge in [0, 0.05) is 19.0 Å². The molecule has 1 atom stereocenters. The molecule has 1 amide bonds. The van der Waals surface area contributed by atoms with E-state index in [1.54, 1.807) is 0 Å². The van der Waals surface area contributed by atoms with E-state index in [0.29, 0.717) is 13.0 Å². The minimum atomic E-state index is 0.116. The lowest BCUT2D eigenvalue weighted by Crippen LogP contribution is -2.38. The summed E-state index contributed by atoms with van der Waals surface area (Å²) >= 11 is 0. The average Bonchev–Trinajstić information content (AvgIpc) is 2.35. The highest BCUT2D eigenvalue weighted by molar-refractivity contribution is 5.75. The zero-order valence-electron chi connectivity index (χ0n) is 9.62. The lowest BCUT2D eigenvalue weighted by atomic mass is 9.94. The Balaban J connectivity index is 2.04. The van der Waals surface area contributed by atoms with Gasteiger partial charge in [-0.3, -0.25) is 4.79 Å². The van der Waals surface area contributed by atoms with Gasteiger partial charge in [-0.25, -0.2) is 0 Å². The van der Waals surface area contributed by atoms with Crippen molar-refractivity contribution >= 4 is 5.91 Å². The molecule has 1 aromatic carbocycles. The van der Waals surface area contributed by atoms with Crippen molar-refractivity contribution < 1.29 is 4.79 Å². The molecular weight excluding hydrogens is 200 g/mol. The number of fused-ring (bicyclic) bond motifs is 1. The first-order valence-corrected chi connectivity index (χ1v) is 5.89. The second-order valence-electron chi connectivity index (χ2n) is 4.11. The summed E-state index contributed by atoms with van der Waals surface area (Å²) in [6.07, 6.45) is 1.63. The third-order valence-corrected chi connectivity index (χ3v) is 3.04. The van der Waals surface area contributed by atoms with E-state index in [9.17, 15) is 4.79 Å². The molecule has 16 heavy (non-hydrogen) atoms. The minimum absolute atomic E-state index is 0.116. The van der Waals surface area contributed by atoms with Gasteiger partial charge in [0.05, 0.1) is 0 Å². The Morgan fingerprint density at radius 2 is 2.31 bits per heavy atom. The van der Waals surface area contributed by atoms with Crippen LogP contribution >= 0.6 is 0 Å². The summed E-state index contributed by atoms with van der Waals surface area (Å²) in [6, 6.07) is 8.71. The molecule has 0 radical (unpaired) electrons. The molecule has 3 nitrogen and oxygen atoms in total. The first-order chi connectivity index (χ1) is 7.81. The fourth-order valence-electron chi connectivity index (χ4n) is 2.12. The number of rotatable bonds is 3. The largest absolute Gasteiger partial charge is 0.354 e. The molecule has 0 aromatic heterocycles. The van der Waals surface area contributed by atoms with Crippen molar-refractivity contribution in [3.63, 3.8) is 0 Å². The second-order valence-corrected chi connectivity index (χ2v) is 4.11. The van der Waals surface area contributed by atoms with Gasteiger partial charge in [-0.1, -0.05) is 31.2 Å².